The molecule has 0 aliphatic carbocycles. The topological polar surface area (TPSA) is 49.0 Å². The van der Waals surface area contributed by atoms with Crippen LogP contribution in [-0.2, 0) is 25.7 Å². The monoisotopic (exact) mass is 437 g/mol. The van der Waals surface area contributed by atoms with Gasteiger partial charge in [-0.3, -0.25) is 9.69 Å². The lowest BCUT2D eigenvalue weighted by atomic mass is 10.0. The van der Waals surface area contributed by atoms with Gasteiger partial charge in [0.2, 0.25) is 0 Å². The van der Waals surface area contributed by atoms with Gasteiger partial charge in [0, 0.05) is 42.2 Å². The SMILES string of the molecule is O=c1[nH]c(-c2ccc(Cl)cc2)nc2c1CN(Cc1cccc(C(F)(F)F)c1F)CC2. The molecule has 156 valence electrons. The fourth-order valence-corrected chi connectivity index (χ4v) is 3.65. The van der Waals surface area contributed by atoms with E-state index in [4.69, 9.17) is 11.6 Å². The molecule has 3 aromatic rings. The Kier molecular flexibility index (Phi) is 5.38. The summed E-state index contributed by atoms with van der Waals surface area (Å²) in [5, 5.41) is 0.566. The molecule has 0 bridgehead atoms. The van der Waals surface area contributed by atoms with Crippen LogP contribution in [-0.4, -0.2) is 21.4 Å². The first-order chi connectivity index (χ1) is 14.2. The van der Waals surface area contributed by atoms with Crippen LogP contribution < -0.4 is 5.56 Å². The second kappa shape index (κ2) is 7.85. The van der Waals surface area contributed by atoms with Crippen molar-refractivity contribution < 1.29 is 17.6 Å². The Bertz CT molecular complexity index is 1140. The number of H-pyrrole nitrogens is 1. The summed E-state index contributed by atoms with van der Waals surface area (Å²) in [6, 6.07) is 10.1. The number of nitrogens with one attached hydrogen (secondary N) is 1. The molecule has 9 heteroatoms. The van der Waals surface area contributed by atoms with Crippen LogP contribution in [0.2, 0.25) is 5.02 Å². The Hall–Kier alpha value is -2.71. The highest BCUT2D eigenvalue weighted by molar-refractivity contribution is 6.30. The number of hydrogen-bond acceptors (Lipinski definition) is 3. The number of halogens is 5. The molecule has 1 aromatic heterocycles. The third kappa shape index (κ3) is 4.11. The number of aromatic nitrogens is 2. The summed E-state index contributed by atoms with van der Waals surface area (Å²) >= 11 is 5.89. The van der Waals surface area contributed by atoms with E-state index in [9.17, 15) is 22.4 Å². The van der Waals surface area contributed by atoms with Crippen LogP contribution in [0.5, 0.6) is 0 Å². The molecular weight excluding hydrogens is 422 g/mol. The van der Waals surface area contributed by atoms with Crippen molar-refractivity contribution in [2.75, 3.05) is 6.54 Å². The highest BCUT2D eigenvalue weighted by Crippen LogP contribution is 2.33. The molecule has 0 saturated carbocycles. The molecule has 30 heavy (non-hydrogen) atoms. The molecule has 0 spiro atoms. The average molecular weight is 438 g/mol. The molecule has 0 fully saturated rings. The minimum Gasteiger partial charge on any atom is -0.306 e. The number of aromatic amines is 1. The maximum atomic E-state index is 14.3. The molecule has 0 radical (unpaired) electrons. The first kappa shape index (κ1) is 20.6. The Labute approximate surface area is 174 Å². The van der Waals surface area contributed by atoms with Crippen molar-refractivity contribution in [3.63, 3.8) is 0 Å². The number of hydrogen-bond donors (Lipinski definition) is 1. The van der Waals surface area contributed by atoms with Gasteiger partial charge in [-0.05, 0) is 30.3 Å². The van der Waals surface area contributed by atoms with Gasteiger partial charge in [0.25, 0.3) is 5.56 Å². The van der Waals surface area contributed by atoms with E-state index in [0.29, 0.717) is 40.6 Å². The summed E-state index contributed by atoms with van der Waals surface area (Å²) in [5.74, 6) is -0.853. The van der Waals surface area contributed by atoms with Gasteiger partial charge in [-0.1, -0.05) is 23.7 Å². The van der Waals surface area contributed by atoms with Crippen LogP contribution in [0.4, 0.5) is 17.6 Å². The molecule has 0 atom stereocenters. The highest BCUT2D eigenvalue weighted by Gasteiger charge is 2.35. The predicted molar refractivity (Wildman–Crippen MR) is 105 cm³/mol. The van der Waals surface area contributed by atoms with E-state index in [1.807, 2.05) is 0 Å². The van der Waals surface area contributed by atoms with Gasteiger partial charge in [0.1, 0.15) is 11.6 Å². The zero-order valence-corrected chi connectivity index (χ0v) is 16.3. The maximum absolute atomic E-state index is 14.3. The van der Waals surface area contributed by atoms with E-state index in [2.05, 4.69) is 9.97 Å². The fourth-order valence-electron chi connectivity index (χ4n) is 3.52. The second-order valence-corrected chi connectivity index (χ2v) is 7.52. The van der Waals surface area contributed by atoms with Crippen LogP contribution in [0.25, 0.3) is 11.4 Å². The number of benzene rings is 2. The molecule has 0 saturated heterocycles. The molecule has 2 heterocycles. The van der Waals surface area contributed by atoms with E-state index in [-0.39, 0.29) is 24.2 Å². The Morgan fingerprint density at radius 3 is 2.57 bits per heavy atom. The summed E-state index contributed by atoms with van der Waals surface area (Å²) in [6.45, 7) is 0.584. The van der Waals surface area contributed by atoms with Crippen molar-refractivity contribution in [2.24, 2.45) is 0 Å². The maximum Gasteiger partial charge on any atom is 0.419 e. The largest absolute Gasteiger partial charge is 0.419 e. The third-order valence-electron chi connectivity index (χ3n) is 5.04. The first-order valence-corrected chi connectivity index (χ1v) is 9.55. The van der Waals surface area contributed by atoms with Crippen molar-refractivity contribution in [1.29, 1.82) is 0 Å². The van der Waals surface area contributed by atoms with E-state index in [1.54, 1.807) is 29.2 Å². The molecule has 4 nitrogen and oxygen atoms in total. The van der Waals surface area contributed by atoms with E-state index in [0.717, 1.165) is 6.07 Å². The summed E-state index contributed by atoms with van der Waals surface area (Å²) in [5.41, 5.74) is 0.114. The highest BCUT2D eigenvalue weighted by atomic mass is 35.5. The van der Waals surface area contributed by atoms with Crippen molar-refractivity contribution >= 4 is 11.6 Å². The minimum atomic E-state index is -4.76. The van der Waals surface area contributed by atoms with Crippen molar-refractivity contribution in [3.05, 3.63) is 86.0 Å². The molecule has 1 aliphatic rings. The summed E-state index contributed by atoms with van der Waals surface area (Å²) in [6.07, 6.45) is -4.33. The molecule has 0 amide bonds. The standard InChI is InChI=1S/C21H16ClF4N3O/c22-14-6-4-12(5-7-14)19-27-17-8-9-29(11-15(17)20(30)28-19)10-13-2-1-3-16(18(13)23)21(24,25)26/h1-7H,8-11H2,(H,27,28,30). The van der Waals surface area contributed by atoms with Gasteiger partial charge in [0.05, 0.1) is 16.8 Å². The summed E-state index contributed by atoms with van der Waals surface area (Å²) in [4.78, 5) is 21.6. The fraction of sp³-hybridized carbons (Fsp3) is 0.238. The van der Waals surface area contributed by atoms with Gasteiger partial charge in [-0.2, -0.15) is 13.2 Å². The van der Waals surface area contributed by atoms with Crippen LogP contribution in [0.1, 0.15) is 22.4 Å². The molecule has 0 unspecified atom stereocenters. The molecule has 1 N–H and O–H groups in total. The number of rotatable bonds is 3. The zero-order valence-electron chi connectivity index (χ0n) is 15.6. The lowest BCUT2D eigenvalue weighted by Gasteiger charge is -2.28. The number of alkyl halides is 3. The van der Waals surface area contributed by atoms with E-state index in [1.165, 1.54) is 12.1 Å². The zero-order chi connectivity index (χ0) is 21.5. The average Bonchev–Trinajstić information content (AvgIpc) is 2.69. The van der Waals surface area contributed by atoms with Crippen LogP contribution in [0.3, 0.4) is 0 Å². The van der Waals surface area contributed by atoms with Gasteiger partial charge >= 0.3 is 6.18 Å². The lowest BCUT2D eigenvalue weighted by Crippen LogP contribution is -2.35. The predicted octanol–water partition coefficient (Wildman–Crippen LogP) is 4.81. The van der Waals surface area contributed by atoms with Crippen molar-refractivity contribution in [1.82, 2.24) is 14.9 Å². The summed E-state index contributed by atoms with van der Waals surface area (Å²) in [7, 11) is 0. The van der Waals surface area contributed by atoms with E-state index < -0.39 is 17.6 Å². The number of fused-ring (bicyclic) bond motifs is 1. The quantitative estimate of drug-likeness (QED) is 0.598. The van der Waals surface area contributed by atoms with Crippen molar-refractivity contribution in [3.8, 4) is 11.4 Å². The van der Waals surface area contributed by atoms with Gasteiger partial charge in [-0.15, -0.1) is 0 Å². The smallest absolute Gasteiger partial charge is 0.306 e. The van der Waals surface area contributed by atoms with E-state index >= 15 is 0 Å². The normalized spacial score (nSPS) is 14.6. The van der Waals surface area contributed by atoms with Crippen LogP contribution in [0, 0.1) is 5.82 Å². The lowest BCUT2D eigenvalue weighted by molar-refractivity contribution is -0.140. The minimum absolute atomic E-state index is 0.0342. The van der Waals surface area contributed by atoms with Gasteiger partial charge < -0.3 is 4.98 Å². The van der Waals surface area contributed by atoms with Crippen LogP contribution in [0.15, 0.2) is 47.3 Å². The van der Waals surface area contributed by atoms with Crippen molar-refractivity contribution in [2.45, 2.75) is 25.7 Å². The van der Waals surface area contributed by atoms with Gasteiger partial charge in [0.15, 0.2) is 0 Å². The summed E-state index contributed by atoms with van der Waals surface area (Å²) < 4.78 is 53.2. The first-order valence-electron chi connectivity index (χ1n) is 9.17. The molecule has 4 rings (SSSR count). The Morgan fingerprint density at radius 1 is 1.13 bits per heavy atom. The van der Waals surface area contributed by atoms with Gasteiger partial charge in [-0.25, -0.2) is 9.37 Å². The third-order valence-corrected chi connectivity index (χ3v) is 5.30. The molecule has 2 aromatic carbocycles. The molecule has 1 aliphatic heterocycles. The second-order valence-electron chi connectivity index (χ2n) is 7.08. The Balaban J connectivity index is 1.58. The Morgan fingerprint density at radius 2 is 1.87 bits per heavy atom. The molecular formula is C21H16ClF4N3O. The number of nitrogens with zero attached hydrogens (tertiary/aromatic N) is 2. The van der Waals surface area contributed by atoms with Crippen LogP contribution >= 0.6 is 11.6 Å².